The third kappa shape index (κ3) is 8.34. The normalized spacial score (nSPS) is 14.4. The number of hydrogen-bond acceptors (Lipinski definition) is 3. The molecule has 2 heterocycles. The summed E-state index contributed by atoms with van der Waals surface area (Å²) in [5.74, 6) is 1.19. The molecule has 0 saturated carbocycles. The number of rotatable bonds is 7. The second-order valence-corrected chi connectivity index (χ2v) is 16.8. The third-order valence-electron chi connectivity index (χ3n) is 10.4. The Morgan fingerprint density at radius 3 is 2.10 bits per heavy atom. The van der Waals surface area contributed by atoms with Crippen LogP contribution in [0.4, 0.5) is 0 Å². The topological polar surface area (TPSA) is 39.9 Å². The van der Waals surface area contributed by atoms with Crippen molar-refractivity contribution in [1.82, 2.24) is 14.5 Å². The van der Waals surface area contributed by atoms with Crippen LogP contribution in [0.15, 0.2) is 133 Å². The van der Waals surface area contributed by atoms with Crippen LogP contribution in [0, 0.1) is 33.9 Å². The van der Waals surface area contributed by atoms with E-state index in [-0.39, 0.29) is 43.3 Å². The van der Waals surface area contributed by atoms with Gasteiger partial charge in [0.2, 0.25) is 0 Å². The van der Waals surface area contributed by atoms with Crippen molar-refractivity contribution >= 4 is 11.0 Å². The van der Waals surface area contributed by atoms with Crippen LogP contribution in [0.25, 0.3) is 72.7 Å². The molecular weight excluding hydrogens is 902 g/mol. The van der Waals surface area contributed by atoms with Gasteiger partial charge < -0.3 is 4.74 Å². The summed E-state index contributed by atoms with van der Waals surface area (Å²) in [7, 11) is 3.85. The first-order valence-electron chi connectivity index (χ1n) is 24.3. The largest absolute Gasteiger partial charge is 2.00 e. The summed E-state index contributed by atoms with van der Waals surface area (Å²) < 4.78 is 93.8. The molecule has 0 fully saturated rings. The Bertz CT molecular complexity index is 3300. The monoisotopic (exact) mass is 962 g/mol. The molecule has 0 unspecified atom stereocenters. The minimum absolute atomic E-state index is 0. The number of nitrogens with zero attached hydrogens (tertiary/aromatic N) is 3. The van der Waals surface area contributed by atoms with Crippen LogP contribution >= 0.6 is 0 Å². The van der Waals surface area contributed by atoms with E-state index in [0.717, 1.165) is 50.1 Å². The van der Waals surface area contributed by atoms with Crippen LogP contribution in [-0.4, -0.2) is 14.5 Å². The predicted molar refractivity (Wildman–Crippen MR) is 242 cm³/mol. The molecule has 0 aliphatic rings. The number of aryl methyl sites for hydroxylation is 2. The van der Waals surface area contributed by atoms with Crippen molar-refractivity contribution in [2.24, 2.45) is 0 Å². The molecule has 0 aliphatic carbocycles. The van der Waals surface area contributed by atoms with Crippen LogP contribution in [0.5, 0.6) is 5.75 Å². The van der Waals surface area contributed by atoms with Crippen molar-refractivity contribution in [2.75, 3.05) is 0 Å². The maximum atomic E-state index is 9.52. The van der Waals surface area contributed by atoms with E-state index in [0.29, 0.717) is 28.2 Å². The van der Waals surface area contributed by atoms with E-state index in [4.69, 9.17) is 22.1 Å². The zero-order chi connectivity index (χ0) is 49.5. The predicted octanol–water partition coefficient (Wildman–Crippen LogP) is 14.2. The SMILES string of the molecule is [2H]c1nc(-c2[c-]c(-c3cccc4c3nc(-c3cc(C)cc(C)c3O[CH2-])n4-c3cc(-c4ccccc4)cc(C(C)(C)C)c3)cc(C(C)(C)C)c2)c([2H])c(-c2c([2H])c([2H])c(C([2H])([2H])[2H])c([2H])c2[2H])c1[2H].[Pt+2]. The molecule has 6 aromatic carbocycles. The number of benzene rings is 6. The van der Waals surface area contributed by atoms with E-state index in [9.17, 15) is 1.37 Å². The summed E-state index contributed by atoms with van der Waals surface area (Å²) in [5.41, 5.74) is 8.16. The fourth-order valence-corrected chi connectivity index (χ4v) is 7.32. The van der Waals surface area contributed by atoms with E-state index in [1.165, 1.54) is 0 Å². The smallest absolute Gasteiger partial charge is 0.665 e. The van der Waals surface area contributed by atoms with Crippen LogP contribution in [0.3, 0.4) is 0 Å². The summed E-state index contributed by atoms with van der Waals surface area (Å²) >= 11 is 0. The Morgan fingerprint density at radius 1 is 0.695 bits per heavy atom. The summed E-state index contributed by atoms with van der Waals surface area (Å²) in [6, 6.07) is 30.0. The molecule has 0 aliphatic heterocycles. The molecule has 0 N–H and O–H groups in total. The Morgan fingerprint density at radius 2 is 1.41 bits per heavy atom. The zero-order valence-corrected chi connectivity index (χ0v) is 36.7. The molecule has 0 amide bonds. The van der Waals surface area contributed by atoms with Crippen molar-refractivity contribution < 1.29 is 39.5 Å². The molecule has 59 heavy (non-hydrogen) atoms. The fourth-order valence-electron chi connectivity index (χ4n) is 7.32. The number of fused-ring (bicyclic) bond motifs is 1. The Kier molecular flexibility index (Phi) is 8.38. The molecule has 0 bridgehead atoms. The molecule has 0 atom stereocenters. The molecule has 5 heteroatoms. The summed E-state index contributed by atoms with van der Waals surface area (Å²) in [6.45, 7) is 13.7. The van der Waals surface area contributed by atoms with Gasteiger partial charge in [-0.25, -0.2) is 4.98 Å². The van der Waals surface area contributed by atoms with Gasteiger partial charge in [0, 0.05) is 21.7 Å². The minimum Gasteiger partial charge on any atom is -0.665 e. The van der Waals surface area contributed by atoms with Gasteiger partial charge in [-0.15, -0.1) is 29.3 Å². The van der Waals surface area contributed by atoms with Gasteiger partial charge in [-0.3, -0.25) is 9.55 Å². The average molecular weight is 963 g/mol. The average Bonchev–Trinajstić information content (AvgIpc) is 3.67. The number of ether oxygens (including phenoxy) is 1. The Hall–Kier alpha value is -5.57. The molecule has 4 nitrogen and oxygen atoms in total. The van der Waals surface area contributed by atoms with E-state index in [1.807, 2.05) is 95.3 Å². The van der Waals surface area contributed by atoms with E-state index in [2.05, 4.69) is 73.8 Å². The standard InChI is InChI=1S/C54H51N3O.Pt/c1-34-19-21-38(22-20-34)39-23-24-55-48(32-39)42-27-41(29-43(30-42)53(4,5)6)46-17-14-18-49-50(46)56-52(47-26-35(2)25-36(3)51(47)58-10)57(49)45-31-40(37-15-12-11-13-16-37)28-44(33-45)54(7,8)9;/h11-26,28-33H,10H2,1-9H3;/q-2;+2/i1D3,19D,20D,21D,22D,23D,24D,32D;. The third-order valence-corrected chi connectivity index (χ3v) is 10.4. The summed E-state index contributed by atoms with van der Waals surface area (Å²) in [4.78, 5) is 9.90. The summed E-state index contributed by atoms with van der Waals surface area (Å²) in [5, 5.41) is 0. The maximum Gasteiger partial charge on any atom is 2.00 e. The summed E-state index contributed by atoms with van der Waals surface area (Å²) in [6.07, 6.45) is -0.575. The number of hydrogen-bond donors (Lipinski definition) is 0. The molecule has 0 spiro atoms. The van der Waals surface area contributed by atoms with Gasteiger partial charge in [0.05, 0.1) is 31.9 Å². The van der Waals surface area contributed by atoms with Crippen LogP contribution < -0.4 is 4.74 Å². The zero-order valence-electron chi connectivity index (χ0n) is 44.4. The van der Waals surface area contributed by atoms with Gasteiger partial charge in [-0.2, -0.15) is 7.11 Å². The Balaban J connectivity index is 0.00000703. The van der Waals surface area contributed by atoms with Crippen molar-refractivity contribution in [3.05, 3.63) is 174 Å². The Labute approximate surface area is 378 Å². The molecule has 8 aromatic rings. The molecule has 0 saturated heterocycles. The molecule has 298 valence electrons. The van der Waals surface area contributed by atoms with Crippen LogP contribution in [-0.2, 0) is 31.9 Å². The van der Waals surface area contributed by atoms with Crippen molar-refractivity contribution in [3.8, 4) is 67.5 Å². The number of para-hydroxylation sites is 1. The van der Waals surface area contributed by atoms with Crippen molar-refractivity contribution in [2.45, 2.75) is 73.1 Å². The second kappa shape index (κ2) is 16.2. The van der Waals surface area contributed by atoms with Crippen molar-refractivity contribution in [3.63, 3.8) is 0 Å². The van der Waals surface area contributed by atoms with Gasteiger partial charge in [-0.1, -0.05) is 143 Å². The van der Waals surface area contributed by atoms with Gasteiger partial charge in [0.1, 0.15) is 5.82 Å². The molecular formula is C54H51N3OPt. The van der Waals surface area contributed by atoms with Crippen LogP contribution in [0.2, 0.25) is 0 Å². The van der Waals surface area contributed by atoms with E-state index < -0.39 is 65.8 Å². The van der Waals surface area contributed by atoms with Gasteiger partial charge in [-0.05, 0) is 101 Å². The first-order valence-corrected chi connectivity index (χ1v) is 19.3. The van der Waals surface area contributed by atoms with Crippen LogP contribution in [0.1, 0.15) is 83.1 Å². The second-order valence-electron chi connectivity index (χ2n) is 16.8. The van der Waals surface area contributed by atoms with Gasteiger partial charge in [0.25, 0.3) is 0 Å². The number of imidazole rings is 1. The fraction of sp³-hybridized carbons (Fsp3) is 0.204. The van der Waals surface area contributed by atoms with E-state index >= 15 is 0 Å². The van der Waals surface area contributed by atoms with E-state index in [1.54, 1.807) is 0 Å². The first kappa shape index (κ1) is 30.5. The molecule has 8 rings (SSSR count). The number of aromatic nitrogens is 3. The first-order chi connectivity index (χ1) is 31.8. The van der Waals surface area contributed by atoms with Gasteiger partial charge >= 0.3 is 21.1 Å². The molecule has 2 aromatic heterocycles. The quantitative estimate of drug-likeness (QED) is 0.149. The number of pyridine rings is 1. The minimum atomic E-state index is -2.96. The maximum absolute atomic E-state index is 9.52. The van der Waals surface area contributed by atoms with Crippen molar-refractivity contribution in [1.29, 1.82) is 0 Å². The molecule has 0 radical (unpaired) electrons. The van der Waals surface area contributed by atoms with Gasteiger partial charge in [0.15, 0.2) is 0 Å².